The van der Waals surface area contributed by atoms with E-state index in [9.17, 15) is 25.8 Å². The molecule has 2 bridgehead atoms. The predicted molar refractivity (Wildman–Crippen MR) is 73.0 cm³/mol. The molecule has 2 fully saturated rings. The van der Waals surface area contributed by atoms with Crippen LogP contribution < -0.4 is 0 Å². The summed E-state index contributed by atoms with van der Waals surface area (Å²) in [6, 6.07) is 7.90. The number of fused-ring (bicyclic) bond motifs is 1. The summed E-state index contributed by atoms with van der Waals surface area (Å²) in [6.45, 7) is 0. The van der Waals surface area contributed by atoms with E-state index < -0.39 is 34.2 Å². The third kappa shape index (κ3) is 1.08. The number of hydrogen-bond donors (Lipinski definition) is 0. The number of carbonyl (C=O) groups excluding carboxylic acids is 1. The van der Waals surface area contributed by atoms with Crippen LogP contribution in [0.4, 0.5) is 0 Å². The minimum atomic E-state index is -1.81. The zero-order chi connectivity index (χ0) is 16.5. The van der Waals surface area contributed by atoms with Crippen LogP contribution in [0, 0.1) is 79.3 Å². The lowest BCUT2D eigenvalue weighted by Crippen LogP contribution is -2.65. The zero-order valence-corrected chi connectivity index (χ0v) is 11.9. The fourth-order valence-corrected chi connectivity index (χ4v) is 5.21. The summed E-state index contributed by atoms with van der Waals surface area (Å²) in [4.78, 5) is 11.9. The lowest BCUT2D eigenvalue weighted by Gasteiger charge is -2.59. The van der Waals surface area contributed by atoms with E-state index in [2.05, 4.69) is 0 Å². The van der Waals surface area contributed by atoms with Crippen molar-refractivity contribution in [2.75, 3.05) is 0 Å². The molecular formula is C17H10N4O2. The highest BCUT2D eigenvalue weighted by atomic mass is 16.6. The molecule has 0 aromatic heterocycles. The Bertz CT molecular complexity index is 831. The van der Waals surface area contributed by atoms with E-state index in [1.165, 1.54) is 0 Å². The molecule has 1 saturated heterocycles. The second kappa shape index (κ2) is 3.81. The van der Waals surface area contributed by atoms with E-state index in [-0.39, 0.29) is 18.3 Å². The average molecular weight is 302 g/mol. The molecule has 110 valence electrons. The molecule has 5 atom stereocenters. The van der Waals surface area contributed by atoms with Crippen molar-refractivity contribution in [1.82, 2.24) is 0 Å². The average Bonchev–Trinajstić information content (AvgIpc) is 3.08. The number of rotatable bonds is 0. The Hall–Kier alpha value is -3.09. The van der Waals surface area contributed by atoms with Gasteiger partial charge in [0.2, 0.25) is 0 Å². The molecular weight excluding hydrogens is 292 g/mol. The van der Waals surface area contributed by atoms with E-state index in [1.54, 1.807) is 18.2 Å². The molecule has 0 aromatic rings. The van der Waals surface area contributed by atoms with Crippen LogP contribution >= 0.6 is 0 Å². The minimum Gasteiger partial charge on any atom is -0.457 e. The van der Waals surface area contributed by atoms with Gasteiger partial charge in [-0.15, -0.1) is 0 Å². The summed E-state index contributed by atoms with van der Waals surface area (Å²) < 4.78 is 5.37. The molecule has 5 rings (SSSR count). The zero-order valence-electron chi connectivity index (χ0n) is 11.9. The number of ether oxygens (including phenoxy) is 1. The Morgan fingerprint density at radius 3 is 2.13 bits per heavy atom. The van der Waals surface area contributed by atoms with Gasteiger partial charge < -0.3 is 4.74 Å². The van der Waals surface area contributed by atoms with Gasteiger partial charge in [-0.25, -0.2) is 0 Å². The summed E-state index contributed by atoms with van der Waals surface area (Å²) in [5.41, 5.74) is -4.31. The van der Waals surface area contributed by atoms with Gasteiger partial charge in [0.15, 0.2) is 10.8 Å². The molecule has 0 unspecified atom stereocenters. The third-order valence-corrected chi connectivity index (χ3v) is 6.12. The summed E-state index contributed by atoms with van der Waals surface area (Å²) in [6.07, 6.45) is 6.73. The Morgan fingerprint density at radius 2 is 1.52 bits per heavy atom. The SMILES string of the molecule is N#CC1(C#N)[C@H]2C=C[C@@H]([C@H]3C=C[C@@H]4OC(=O)C[C@@]432)C1(C#N)C#N. The number of nitrogens with zero attached hydrogens (tertiary/aromatic N) is 4. The van der Waals surface area contributed by atoms with Crippen molar-refractivity contribution in [2.45, 2.75) is 12.5 Å². The van der Waals surface area contributed by atoms with Crippen molar-refractivity contribution in [1.29, 1.82) is 21.0 Å². The topological polar surface area (TPSA) is 121 Å². The second-order valence-electron chi connectivity index (χ2n) is 6.56. The highest BCUT2D eigenvalue weighted by Gasteiger charge is 2.79. The summed E-state index contributed by atoms with van der Waals surface area (Å²) in [5.74, 6) is -1.94. The third-order valence-electron chi connectivity index (χ3n) is 6.12. The molecule has 6 heteroatoms. The Balaban J connectivity index is 2.05. The maximum atomic E-state index is 11.9. The largest absolute Gasteiger partial charge is 0.457 e. The highest BCUT2D eigenvalue weighted by Crippen LogP contribution is 2.73. The van der Waals surface area contributed by atoms with Gasteiger partial charge in [-0.05, 0) is 12.0 Å². The first kappa shape index (κ1) is 13.6. The van der Waals surface area contributed by atoms with Gasteiger partial charge in [0.25, 0.3) is 0 Å². The highest BCUT2D eigenvalue weighted by molar-refractivity contribution is 5.75. The van der Waals surface area contributed by atoms with E-state index in [0.717, 1.165) is 0 Å². The standard InChI is InChI=1S/C17H10N4O2/c18-6-15(7-19)10-1-3-12(16(15,8-20)9-21)17-5-14(22)23-13(17)4-2-11(10)17/h1-4,10-13H,5H2/t10-,11+,12+,13-,17+/m0/s1. The summed E-state index contributed by atoms with van der Waals surface area (Å²) in [7, 11) is 0. The quantitative estimate of drug-likeness (QED) is 0.492. The number of carbonyl (C=O) groups is 1. The van der Waals surface area contributed by atoms with E-state index in [4.69, 9.17) is 4.74 Å². The number of hydrogen-bond acceptors (Lipinski definition) is 6. The second-order valence-corrected chi connectivity index (χ2v) is 6.56. The van der Waals surface area contributed by atoms with Crippen LogP contribution in [0.2, 0.25) is 0 Å². The van der Waals surface area contributed by atoms with E-state index in [1.807, 2.05) is 30.4 Å². The maximum Gasteiger partial charge on any atom is 0.307 e. The molecule has 0 N–H and O–H groups in total. The van der Waals surface area contributed by atoms with Crippen LogP contribution in [-0.2, 0) is 9.53 Å². The lowest BCUT2D eigenvalue weighted by atomic mass is 9.37. The first-order chi connectivity index (χ1) is 11.1. The smallest absolute Gasteiger partial charge is 0.307 e. The molecule has 6 nitrogen and oxygen atoms in total. The first-order valence-corrected chi connectivity index (χ1v) is 7.27. The molecule has 1 saturated carbocycles. The molecule has 1 aliphatic heterocycles. The van der Waals surface area contributed by atoms with Gasteiger partial charge >= 0.3 is 5.97 Å². The monoisotopic (exact) mass is 302 g/mol. The van der Waals surface area contributed by atoms with Crippen molar-refractivity contribution in [3.63, 3.8) is 0 Å². The molecule has 0 aromatic carbocycles. The van der Waals surface area contributed by atoms with Crippen LogP contribution in [0.5, 0.6) is 0 Å². The van der Waals surface area contributed by atoms with Gasteiger partial charge in [-0.2, -0.15) is 21.0 Å². The fourth-order valence-electron chi connectivity index (χ4n) is 5.21. The number of nitriles is 4. The summed E-state index contributed by atoms with van der Waals surface area (Å²) >= 11 is 0. The molecule has 4 aliphatic carbocycles. The van der Waals surface area contributed by atoms with Gasteiger partial charge in [0.05, 0.1) is 30.7 Å². The normalized spacial score (nSPS) is 42.5. The molecule has 23 heavy (non-hydrogen) atoms. The molecule has 1 heterocycles. The van der Waals surface area contributed by atoms with Crippen molar-refractivity contribution in [3.8, 4) is 24.3 Å². The molecule has 0 amide bonds. The van der Waals surface area contributed by atoms with E-state index >= 15 is 0 Å². The number of allylic oxidation sites excluding steroid dienone is 3. The molecule has 5 aliphatic rings. The van der Waals surface area contributed by atoms with Crippen LogP contribution in [-0.4, -0.2) is 12.1 Å². The van der Waals surface area contributed by atoms with Crippen LogP contribution in [0.15, 0.2) is 24.3 Å². The fraction of sp³-hybridized carbons (Fsp3) is 0.471. The van der Waals surface area contributed by atoms with E-state index in [0.29, 0.717) is 0 Å². The lowest BCUT2D eigenvalue weighted by molar-refractivity contribution is -0.140. The summed E-state index contributed by atoms with van der Waals surface area (Å²) in [5, 5.41) is 39.1. The van der Waals surface area contributed by atoms with Gasteiger partial charge in [-0.3, -0.25) is 4.79 Å². The van der Waals surface area contributed by atoms with Crippen molar-refractivity contribution in [3.05, 3.63) is 24.3 Å². The van der Waals surface area contributed by atoms with Crippen LogP contribution in [0.1, 0.15) is 6.42 Å². The van der Waals surface area contributed by atoms with Crippen molar-refractivity contribution < 1.29 is 9.53 Å². The van der Waals surface area contributed by atoms with Crippen LogP contribution in [0.3, 0.4) is 0 Å². The Labute approximate surface area is 132 Å². The Kier molecular flexibility index (Phi) is 2.25. The van der Waals surface area contributed by atoms with Crippen LogP contribution in [0.25, 0.3) is 0 Å². The van der Waals surface area contributed by atoms with Gasteiger partial charge in [0.1, 0.15) is 6.10 Å². The molecule has 1 spiro atoms. The molecule has 0 radical (unpaired) electrons. The predicted octanol–water partition coefficient (Wildman–Crippen LogP) is 1.36. The van der Waals surface area contributed by atoms with Gasteiger partial charge in [0, 0.05) is 17.3 Å². The number of esters is 1. The first-order valence-electron chi connectivity index (χ1n) is 7.27. The maximum absolute atomic E-state index is 11.9. The Morgan fingerprint density at radius 1 is 0.913 bits per heavy atom. The van der Waals surface area contributed by atoms with Crippen molar-refractivity contribution in [2.24, 2.45) is 34.0 Å². The minimum absolute atomic E-state index is 0.0961. The van der Waals surface area contributed by atoms with Gasteiger partial charge in [-0.1, -0.05) is 18.2 Å². The van der Waals surface area contributed by atoms with Crippen molar-refractivity contribution >= 4 is 5.97 Å².